The summed E-state index contributed by atoms with van der Waals surface area (Å²) in [6.45, 7) is -0.397. The molecule has 3 N–H and O–H groups in total. The van der Waals surface area contributed by atoms with Gasteiger partial charge in [0.2, 0.25) is 0 Å². The number of hydrogen-bond acceptors (Lipinski definition) is 7. The lowest BCUT2D eigenvalue weighted by atomic mass is 10.1. The second-order valence-corrected chi connectivity index (χ2v) is 6.49. The molecule has 1 aliphatic carbocycles. The highest BCUT2D eigenvalue weighted by Gasteiger charge is 2.27. The van der Waals surface area contributed by atoms with Crippen LogP contribution in [0.5, 0.6) is 0 Å². The molecule has 25 heavy (non-hydrogen) atoms. The van der Waals surface area contributed by atoms with Crippen LogP contribution in [-0.2, 0) is 11.3 Å². The van der Waals surface area contributed by atoms with Crippen LogP contribution in [0, 0.1) is 0 Å². The van der Waals surface area contributed by atoms with E-state index in [1.54, 1.807) is 22.8 Å². The third-order valence-corrected chi connectivity index (χ3v) is 4.33. The van der Waals surface area contributed by atoms with E-state index in [1.807, 2.05) is 0 Å². The van der Waals surface area contributed by atoms with Crippen molar-refractivity contribution >= 4 is 14.2 Å². The Labute approximate surface area is 141 Å². The van der Waals surface area contributed by atoms with Gasteiger partial charge in [-0.1, -0.05) is 0 Å². The fourth-order valence-corrected chi connectivity index (χ4v) is 2.87. The van der Waals surface area contributed by atoms with E-state index >= 15 is 0 Å². The van der Waals surface area contributed by atoms with Gasteiger partial charge in [0.25, 0.3) is 5.56 Å². The maximum absolute atomic E-state index is 12.2. The van der Waals surface area contributed by atoms with Crippen LogP contribution in [-0.4, -0.2) is 33.9 Å². The Bertz CT molecular complexity index is 1050. The lowest BCUT2D eigenvalue weighted by Crippen LogP contribution is -2.31. The highest BCUT2D eigenvalue weighted by molar-refractivity contribution is 7.39. The molecule has 0 aliphatic heterocycles. The van der Waals surface area contributed by atoms with Gasteiger partial charge < -0.3 is 9.79 Å². The Morgan fingerprint density at radius 1 is 1.36 bits per heavy atom. The van der Waals surface area contributed by atoms with Crippen LogP contribution in [0.2, 0.25) is 0 Å². The first kappa shape index (κ1) is 16.1. The summed E-state index contributed by atoms with van der Waals surface area (Å²) in [6.07, 6.45) is 5.05. The Hall–Kier alpha value is -2.39. The van der Waals surface area contributed by atoms with Gasteiger partial charge in [0.15, 0.2) is 5.65 Å². The quantitative estimate of drug-likeness (QED) is 0.555. The number of H-pyrrole nitrogens is 1. The average Bonchev–Trinajstić information content (AvgIpc) is 3.30. The van der Waals surface area contributed by atoms with Crippen molar-refractivity contribution in [2.45, 2.75) is 25.5 Å². The van der Waals surface area contributed by atoms with Gasteiger partial charge in [-0.2, -0.15) is 5.10 Å². The largest absolute Gasteiger partial charge is 0.330 e. The van der Waals surface area contributed by atoms with Crippen LogP contribution >= 0.6 is 8.60 Å². The number of nitrogens with one attached hydrogen (secondary N) is 1. The molecule has 10 nitrogen and oxygen atoms in total. The van der Waals surface area contributed by atoms with Gasteiger partial charge in [-0.05, 0) is 18.9 Å². The molecule has 1 fully saturated rings. The van der Waals surface area contributed by atoms with E-state index in [0.717, 1.165) is 23.1 Å². The first-order valence-electron chi connectivity index (χ1n) is 7.52. The van der Waals surface area contributed by atoms with Crippen LogP contribution in [0.1, 0.15) is 24.5 Å². The molecule has 0 atom stereocenters. The molecular formula is C14H14N5O5P. The smallest absolute Gasteiger partial charge is 0.328 e. The summed E-state index contributed by atoms with van der Waals surface area (Å²) >= 11 is 0. The molecule has 0 saturated heterocycles. The summed E-state index contributed by atoms with van der Waals surface area (Å²) in [5, 5.41) is 4.26. The van der Waals surface area contributed by atoms with E-state index in [1.165, 1.54) is 6.20 Å². The van der Waals surface area contributed by atoms with Crippen LogP contribution < -0.4 is 11.2 Å². The first-order valence-corrected chi connectivity index (χ1v) is 8.69. The fraction of sp³-hybridized carbons (Fsp3) is 0.286. The maximum atomic E-state index is 12.2. The van der Waals surface area contributed by atoms with E-state index in [0.29, 0.717) is 17.3 Å². The number of hydrogen-bond donors (Lipinski definition) is 3. The summed E-state index contributed by atoms with van der Waals surface area (Å²) in [7, 11) is -2.61. The van der Waals surface area contributed by atoms with Crippen molar-refractivity contribution < 1.29 is 14.3 Å². The minimum absolute atomic E-state index is 0.189. The van der Waals surface area contributed by atoms with Crippen molar-refractivity contribution in [2.24, 2.45) is 0 Å². The van der Waals surface area contributed by atoms with Gasteiger partial charge in [0.05, 0.1) is 17.5 Å². The molecule has 3 aromatic rings. The van der Waals surface area contributed by atoms with Crippen molar-refractivity contribution in [3.05, 3.63) is 51.1 Å². The molecule has 3 heterocycles. The van der Waals surface area contributed by atoms with Crippen molar-refractivity contribution in [1.82, 2.24) is 24.1 Å². The molecule has 4 rings (SSSR count). The highest BCUT2D eigenvalue weighted by Crippen LogP contribution is 2.40. The zero-order valence-corrected chi connectivity index (χ0v) is 13.8. The van der Waals surface area contributed by atoms with Gasteiger partial charge in [0.1, 0.15) is 6.73 Å². The third-order valence-electron chi connectivity index (χ3n) is 3.98. The number of nitrogens with zero attached hydrogens (tertiary/aromatic N) is 4. The Morgan fingerprint density at radius 3 is 2.88 bits per heavy atom. The molecular weight excluding hydrogens is 349 g/mol. The molecule has 3 aromatic heterocycles. The molecule has 0 aromatic carbocycles. The lowest BCUT2D eigenvalue weighted by molar-refractivity contribution is 0.192. The topological polar surface area (TPSA) is 135 Å². The molecule has 0 unspecified atom stereocenters. The van der Waals surface area contributed by atoms with Crippen LogP contribution in [0.15, 0.2) is 34.1 Å². The van der Waals surface area contributed by atoms with Gasteiger partial charge in [-0.15, -0.1) is 0 Å². The van der Waals surface area contributed by atoms with Gasteiger partial charge in [-0.25, -0.2) is 14.3 Å². The van der Waals surface area contributed by atoms with E-state index in [9.17, 15) is 9.59 Å². The first-order chi connectivity index (χ1) is 12.0. The predicted octanol–water partition coefficient (Wildman–Crippen LogP) is 0.309. The van der Waals surface area contributed by atoms with Gasteiger partial charge in [-0.3, -0.25) is 18.9 Å². The zero-order valence-electron chi connectivity index (χ0n) is 12.9. The molecule has 0 amide bonds. The van der Waals surface area contributed by atoms with E-state index in [4.69, 9.17) is 9.79 Å². The predicted molar refractivity (Wildman–Crippen MR) is 87.7 cm³/mol. The summed E-state index contributed by atoms with van der Waals surface area (Å²) in [5.74, 6) is 0.379. The number of rotatable bonds is 5. The van der Waals surface area contributed by atoms with E-state index in [2.05, 4.69) is 19.6 Å². The molecule has 11 heteroatoms. The minimum atomic E-state index is -2.61. The second kappa shape index (κ2) is 6.16. The Kier molecular flexibility index (Phi) is 3.97. The molecule has 1 aliphatic rings. The van der Waals surface area contributed by atoms with Crippen LogP contribution in [0.25, 0.3) is 16.9 Å². The summed E-state index contributed by atoms with van der Waals surface area (Å²) in [4.78, 5) is 48.4. The van der Waals surface area contributed by atoms with Gasteiger partial charge in [0, 0.05) is 23.9 Å². The summed E-state index contributed by atoms with van der Waals surface area (Å²) < 4.78 is 7.44. The van der Waals surface area contributed by atoms with E-state index in [-0.39, 0.29) is 5.56 Å². The summed E-state index contributed by atoms with van der Waals surface area (Å²) in [6, 6.07) is 3.54. The number of aromatic nitrogens is 5. The number of aromatic amines is 1. The monoisotopic (exact) mass is 363 g/mol. The lowest BCUT2D eigenvalue weighted by Gasteiger charge is -2.10. The normalized spacial score (nSPS) is 14.5. The van der Waals surface area contributed by atoms with Crippen LogP contribution in [0.3, 0.4) is 0 Å². The molecule has 130 valence electrons. The third kappa shape index (κ3) is 3.12. The molecule has 0 bridgehead atoms. The van der Waals surface area contributed by atoms with Crippen LogP contribution in [0.4, 0.5) is 0 Å². The number of fused-ring (bicyclic) bond motifs is 1. The minimum Gasteiger partial charge on any atom is -0.328 e. The SMILES string of the molecule is O=c1[nH]c(=O)n(COP(O)O)cc1-c1cc(C2CC2)n2nccc2n1. The summed E-state index contributed by atoms with van der Waals surface area (Å²) in [5.41, 5.74) is 0.900. The van der Waals surface area contributed by atoms with Crippen molar-refractivity contribution in [1.29, 1.82) is 0 Å². The molecule has 0 spiro atoms. The fourth-order valence-electron chi connectivity index (χ4n) is 2.65. The van der Waals surface area contributed by atoms with Crippen molar-refractivity contribution in [3.63, 3.8) is 0 Å². The van der Waals surface area contributed by atoms with Crippen molar-refractivity contribution in [3.8, 4) is 11.3 Å². The Balaban J connectivity index is 1.83. The molecule has 1 saturated carbocycles. The average molecular weight is 363 g/mol. The zero-order chi connectivity index (χ0) is 17.6. The second-order valence-electron chi connectivity index (χ2n) is 5.72. The standard InChI is InChI=1S/C14H14N5O5P/c20-13-9(6-18(14(21)17-13)7-24-25(22)23)10-5-11(8-1-2-8)19-12(16-10)3-4-15-19/h3-6,8,22-23H,1-2,7H2,(H,17,20,21). The maximum Gasteiger partial charge on any atom is 0.330 e. The van der Waals surface area contributed by atoms with Gasteiger partial charge >= 0.3 is 14.3 Å². The Morgan fingerprint density at radius 2 is 2.16 bits per heavy atom. The highest BCUT2D eigenvalue weighted by atomic mass is 31.2. The van der Waals surface area contributed by atoms with E-state index < -0.39 is 26.6 Å². The van der Waals surface area contributed by atoms with Crippen molar-refractivity contribution in [2.75, 3.05) is 0 Å². The molecule has 0 radical (unpaired) electrons.